The van der Waals surface area contributed by atoms with Gasteiger partial charge in [0.2, 0.25) is 0 Å². The van der Waals surface area contributed by atoms with Gasteiger partial charge < -0.3 is 10.5 Å². The van der Waals surface area contributed by atoms with Gasteiger partial charge in [0.25, 0.3) is 0 Å². The Hall–Kier alpha value is -1.45. The lowest BCUT2D eigenvalue weighted by atomic mass is 9.92. The maximum absolute atomic E-state index is 10.9. The van der Waals surface area contributed by atoms with Gasteiger partial charge in [-0.25, -0.2) is 0 Å². The molecule has 0 saturated heterocycles. The summed E-state index contributed by atoms with van der Waals surface area (Å²) in [5, 5.41) is 0. The molecule has 4 heteroatoms. The van der Waals surface area contributed by atoms with Crippen LogP contribution in [-0.4, -0.2) is 20.9 Å². The van der Waals surface area contributed by atoms with Gasteiger partial charge in [-0.3, -0.25) is 4.79 Å². The average Bonchev–Trinajstić information content (AvgIpc) is 2.11. The van der Waals surface area contributed by atoms with E-state index in [1.54, 1.807) is 18.2 Å². The Kier molecular flexibility index (Phi) is 2.95. The lowest BCUT2D eigenvalue weighted by Gasteiger charge is -2.03. The molecule has 1 aromatic carbocycles. The number of benzene rings is 1. The molecule has 0 aromatic heterocycles. The molecular weight excluding hydrogens is 165 g/mol. The van der Waals surface area contributed by atoms with E-state index in [4.69, 9.17) is 13.6 Å². The zero-order chi connectivity index (χ0) is 9.84. The minimum Gasteiger partial charge on any atom is -0.469 e. The largest absolute Gasteiger partial charge is 0.469 e. The van der Waals surface area contributed by atoms with Crippen molar-refractivity contribution in [3.8, 4) is 0 Å². The third kappa shape index (κ3) is 2.51. The summed E-state index contributed by atoms with van der Waals surface area (Å²) in [4.78, 5) is 10.9. The molecule has 0 aliphatic rings. The minimum atomic E-state index is -0.288. The van der Waals surface area contributed by atoms with E-state index in [9.17, 15) is 4.79 Å². The van der Waals surface area contributed by atoms with Crippen molar-refractivity contribution in [2.24, 2.45) is 0 Å². The normalized spacial score (nSPS) is 9.62. The Morgan fingerprint density at radius 2 is 2.31 bits per heavy atom. The summed E-state index contributed by atoms with van der Waals surface area (Å²) in [7, 11) is 6.91. The standard InChI is InChI=1S/C9H10BNO2/c1-13-9(12)5-6-2-3-8(11)7(10)4-6/h2-4H,5,11H2,1H3. The Morgan fingerprint density at radius 3 is 2.85 bits per heavy atom. The quantitative estimate of drug-likeness (QED) is 0.384. The van der Waals surface area contributed by atoms with E-state index < -0.39 is 0 Å². The second-order valence-electron chi connectivity index (χ2n) is 2.72. The molecular formula is C9H10BNO2. The molecule has 0 amide bonds. The van der Waals surface area contributed by atoms with Crippen LogP contribution in [0.3, 0.4) is 0 Å². The van der Waals surface area contributed by atoms with Crippen LogP contribution in [-0.2, 0) is 16.0 Å². The fraction of sp³-hybridized carbons (Fsp3) is 0.222. The van der Waals surface area contributed by atoms with Crippen LogP contribution in [0.2, 0.25) is 0 Å². The number of nitrogens with two attached hydrogens (primary N) is 1. The smallest absolute Gasteiger partial charge is 0.309 e. The summed E-state index contributed by atoms with van der Waals surface area (Å²) in [6.45, 7) is 0. The number of carbonyl (C=O) groups excluding carboxylic acids is 1. The van der Waals surface area contributed by atoms with Crippen molar-refractivity contribution in [2.45, 2.75) is 6.42 Å². The van der Waals surface area contributed by atoms with Crippen molar-refractivity contribution in [3.63, 3.8) is 0 Å². The predicted octanol–water partition coefficient (Wildman–Crippen LogP) is -0.222. The van der Waals surface area contributed by atoms with Gasteiger partial charge in [-0.1, -0.05) is 17.6 Å². The molecule has 0 fully saturated rings. The zero-order valence-electron chi connectivity index (χ0n) is 7.41. The van der Waals surface area contributed by atoms with Gasteiger partial charge in [0.05, 0.1) is 13.5 Å². The Bertz CT molecular complexity index is 325. The van der Waals surface area contributed by atoms with E-state index >= 15 is 0 Å². The minimum absolute atomic E-state index is 0.223. The second-order valence-corrected chi connectivity index (χ2v) is 2.72. The van der Waals surface area contributed by atoms with Crippen LogP contribution in [0.5, 0.6) is 0 Å². The molecule has 0 aliphatic heterocycles. The number of nitrogen functional groups attached to an aromatic ring is 1. The van der Waals surface area contributed by atoms with Crippen LogP contribution < -0.4 is 11.2 Å². The highest BCUT2D eigenvalue weighted by Gasteiger charge is 2.03. The molecule has 0 unspecified atom stereocenters. The Balaban J connectivity index is 2.79. The summed E-state index contributed by atoms with van der Waals surface area (Å²) in [6, 6.07) is 5.10. The maximum Gasteiger partial charge on any atom is 0.309 e. The number of hydrogen-bond donors (Lipinski definition) is 1. The van der Waals surface area contributed by atoms with E-state index in [-0.39, 0.29) is 12.4 Å². The van der Waals surface area contributed by atoms with Crippen LogP contribution in [0, 0.1) is 0 Å². The fourth-order valence-electron chi connectivity index (χ4n) is 0.973. The van der Waals surface area contributed by atoms with E-state index in [1.165, 1.54) is 7.11 Å². The van der Waals surface area contributed by atoms with E-state index in [0.29, 0.717) is 11.2 Å². The van der Waals surface area contributed by atoms with Gasteiger partial charge >= 0.3 is 5.97 Å². The molecule has 13 heavy (non-hydrogen) atoms. The van der Waals surface area contributed by atoms with Gasteiger partial charge in [-0.15, -0.1) is 0 Å². The summed E-state index contributed by atoms with van der Waals surface area (Å²) in [5.41, 5.74) is 7.32. The van der Waals surface area contributed by atoms with Crippen molar-refractivity contribution in [1.29, 1.82) is 0 Å². The van der Waals surface area contributed by atoms with Crippen molar-refractivity contribution < 1.29 is 9.53 Å². The molecule has 1 aromatic rings. The topological polar surface area (TPSA) is 52.3 Å². The zero-order valence-corrected chi connectivity index (χ0v) is 7.41. The Morgan fingerprint density at radius 1 is 1.62 bits per heavy atom. The first-order valence-corrected chi connectivity index (χ1v) is 3.84. The third-order valence-corrected chi connectivity index (χ3v) is 1.73. The van der Waals surface area contributed by atoms with Crippen LogP contribution in [0.1, 0.15) is 5.56 Å². The molecule has 0 bridgehead atoms. The molecule has 0 spiro atoms. The first-order valence-electron chi connectivity index (χ1n) is 3.84. The molecule has 0 heterocycles. The molecule has 0 aliphatic carbocycles. The van der Waals surface area contributed by atoms with Gasteiger partial charge in [0.1, 0.15) is 7.85 Å². The van der Waals surface area contributed by atoms with E-state index in [0.717, 1.165) is 5.56 Å². The summed E-state index contributed by atoms with van der Waals surface area (Å²) in [6.07, 6.45) is 0.223. The first kappa shape index (κ1) is 9.64. The molecule has 1 rings (SSSR count). The highest BCUT2D eigenvalue weighted by atomic mass is 16.5. The molecule has 2 N–H and O–H groups in total. The number of rotatable bonds is 2. The number of methoxy groups -OCH3 is 1. The first-order chi connectivity index (χ1) is 6.13. The lowest BCUT2D eigenvalue weighted by molar-refractivity contribution is -0.139. The van der Waals surface area contributed by atoms with Gasteiger partial charge in [-0.2, -0.15) is 0 Å². The lowest BCUT2D eigenvalue weighted by Crippen LogP contribution is -2.12. The third-order valence-electron chi connectivity index (χ3n) is 1.73. The maximum atomic E-state index is 10.9. The monoisotopic (exact) mass is 175 g/mol. The molecule has 0 saturated carbocycles. The Labute approximate surface area is 78.3 Å². The molecule has 0 atom stereocenters. The van der Waals surface area contributed by atoms with Crippen molar-refractivity contribution in [3.05, 3.63) is 23.8 Å². The number of esters is 1. The average molecular weight is 175 g/mol. The number of anilines is 1. The van der Waals surface area contributed by atoms with Crippen molar-refractivity contribution in [2.75, 3.05) is 12.8 Å². The summed E-state index contributed by atoms with van der Waals surface area (Å²) in [5.74, 6) is -0.288. The molecule has 66 valence electrons. The predicted molar refractivity (Wildman–Crippen MR) is 52.0 cm³/mol. The van der Waals surface area contributed by atoms with Crippen LogP contribution in [0.15, 0.2) is 18.2 Å². The summed E-state index contributed by atoms with van der Waals surface area (Å²) < 4.78 is 4.51. The van der Waals surface area contributed by atoms with Gasteiger partial charge in [0.15, 0.2) is 0 Å². The second kappa shape index (κ2) is 3.98. The number of ether oxygens (including phenoxy) is 1. The fourth-order valence-corrected chi connectivity index (χ4v) is 0.973. The van der Waals surface area contributed by atoms with Crippen molar-refractivity contribution >= 4 is 25.0 Å². The van der Waals surface area contributed by atoms with Gasteiger partial charge in [-0.05, 0) is 11.6 Å². The van der Waals surface area contributed by atoms with Crippen LogP contribution in [0.25, 0.3) is 0 Å². The van der Waals surface area contributed by atoms with Gasteiger partial charge in [0, 0.05) is 5.69 Å². The highest BCUT2D eigenvalue weighted by Crippen LogP contribution is 2.03. The van der Waals surface area contributed by atoms with E-state index in [1.807, 2.05) is 0 Å². The van der Waals surface area contributed by atoms with Crippen LogP contribution in [0.4, 0.5) is 5.69 Å². The number of hydrogen-bond acceptors (Lipinski definition) is 3. The SMILES string of the molecule is [B]c1cc(CC(=O)OC)ccc1N. The highest BCUT2D eigenvalue weighted by molar-refractivity contribution is 6.35. The molecule has 2 radical (unpaired) electrons. The molecule has 3 nitrogen and oxygen atoms in total. The number of carbonyl (C=O) groups is 1. The van der Waals surface area contributed by atoms with Crippen LogP contribution >= 0.6 is 0 Å². The van der Waals surface area contributed by atoms with E-state index in [2.05, 4.69) is 4.74 Å². The summed E-state index contributed by atoms with van der Waals surface area (Å²) >= 11 is 0. The van der Waals surface area contributed by atoms with Crippen molar-refractivity contribution in [1.82, 2.24) is 0 Å².